The van der Waals surface area contributed by atoms with Crippen LogP contribution in [0, 0.1) is 6.92 Å². The molecule has 0 aliphatic heterocycles. The summed E-state index contributed by atoms with van der Waals surface area (Å²) >= 11 is 0. The molecule has 0 aliphatic carbocycles. The van der Waals surface area contributed by atoms with Gasteiger partial charge in [-0.1, -0.05) is 5.16 Å². The molecule has 0 saturated carbocycles. The minimum atomic E-state index is -0.199. The van der Waals surface area contributed by atoms with Crippen molar-refractivity contribution in [3.8, 4) is 0 Å². The number of aromatic nitrogens is 2. The van der Waals surface area contributed by atoms with Gasteiger partial charge in [0, 0.05) is 11.8 Å². The molecule has 0 unspecified atom stereocenters. The number of amides is 1. The molecule has 0 radical (unpaired) electrons. The van der Waals surface area contributed by atoms with Crippen molar-refractivity contribution in [3.63, 3.8) is 0 Å². The molecular weight excluding hydrogens is 220 g/mol. The smallest absolute Gasteiger partial charge is 0.231 e. The summed E-state index contributed by atoms with van der Waals surface area (Å²) in [6.07, 6.45) is 1.69. The molecule has 0 spiro atoms. The molecule has 2 aromatic rings. The van der Waals surface area contributed by atoms with Crippen molar-refractivity contribution in [2.45, 2.75) is 13.3 Å². The Morgan fingerprint density at radius 3 is 2.94 bits per heavy atom. The monoisotopic (exact) mass is 232 g/mol. The van der Waals surface area contributed by atoms with Crippen LogP contribution in [0.5, 0.6) is 0 Å². The Morgan fingerprint density at radius 2 is 2.35 bits per heavy atom. The Balaban J connectivity index is 1.95. The van der Waals surface area contributed by atoms with E-state index in [2.05, 4.69) is 15.5 Å². The molecule has 0 bridgehead atoms. The quantitative estimate of drug-likeness (QED) is 0.827. The molecule has 0 aromatic carbocycles. The fraction of sp³-hybridized carbons (Fsp3) is 0.182. The zero-order chi connectivity index (χ0) is 12.3. The maximum atomic E-state index is 11.6. The molecule has 0 aliphatic rings. The molecule has 0 saturated heterocycles. The first kappa shape index (κ1) is 11.1. The number of nitrogens with two attached hydrogens (primary N) is 1. The van der Waals surface area contributed by atoms with Crippen molar-refractivity contribution in [2.75, 3.05) is 11.1 Å². The highest BCUT2D eigenvalue weighted by Gasteiger charge is 2.07. The normalized spacial score (nSPS) is 10.2. The molecule has 0 fully saturated rings. The topological polar surface area (TPSA) is 94.0 Å². The summed E-state index contributed by atoms with van der Waals surface area (Å²) in [5, 5.41) is 6.27. The van der Waals surface area contributed by atoms with Crippen LogP contribution in [-0.4, -0.2) is 16.0 Å². The van der Waals surface area contributed by atoms with Crippen LogP contribution in [0.3, 0.4) is 0 Å². The summed E-state index contributed by atoms with van der Waals surface area (Å²) in [4.78, 5) is 15.6. The standard InChI is InChI=1S/C11H12N4O2/c1-7-4-10(15-17-7)14-11(16)5-9-3-2-8(12)6-13-9/h2-4,6H,5,12H2,1H3,(H,14,15,16). The number of aryl methyl sites for hydroxylation is 1. The van der Waals surface area contributed by atoms with Gasteiger partial charge in [0.1, 0.15) is 5.76 Å². The zero-order valence-corrected chi connectivity index (χ0v) is 9.30. The van der Waals surface area contributed by atoms with Gasteiger partial charge in [-0.3, -0.25) is 9.78 Å². The van der Waals surface area contributed by atoms with Gasteiger partial charge in [-0.25, -0.2) is 0 Å². The third-order valence-corrected chi connectivity index (χ3v) is 2.08. The van der Waals surface area contributed by atoms with E-state index in [1.807, 2.05) is 0 Å². The van der Waals surface area contributed by atoms with Crippen LogP contribution in [0.2, 0.25) is 0 Å². The number of hydrogen-bond donors (Lipinski definition) is 2. The van der Waals surface area contributed by atoms with E-state index in [1.54, 1.807) is 25.1 Å². The molecular formula is C11H12N4O2. The summed E-state index contributed by atoms with van der Waals surface area (Å²) in [6, 6.07) is 5.06. The second kappa shape index (κ2) is 4.65. The maximum absolute atomic E-state index is 11.6. The molecule has 17 heavy (non-hydrogen) atoms. The number of nitrogen functional groups attached to an aromatic ring is 1. The van der Waals surface area contributed by atoms with E-state index in [1.165, 1.54) is 6.20 Å². The van der Waals surface area contributed by atoms with Crippen LogP contribution in [0.1, 0.15) is 11.5 Å². The summed E-state index contributed by atoms with van der Waals surface area (Å²) in [5.41, 5.74) is 6.72. The van der Waals surface area contributed by atoms with E-state index in [0.717, 1.165) is 0 Å². The molecule has 2 aromatic heterocycles. The predicted molar refractivity (Wildman–Crippen MR) is 62.2 cm³/mol. The number of hydrogen-bond acceptors (Lipinski definition) is 5. The van der Waals surface area contributed by atoms with Gasteiger partial charge in [-0.15, -0.1) is 0 Å². The number of nitrogens with zero attached hydrogens (tertiary/aromatic N) is 2. The molecule has 1 amide bonds. The largest absolute Gasteiger partial charge is 0.397 e. The average Bonchev–Trinajstić information content (AvgIpc) is 2.67. The van der Waals surface area contributed by atoms with Crippen molar-refractivity contribution in [1.29, 1.82) is 0 Å². The highest BCUT2D eigenvalue weighted by Crippen LogP contribution is 2.08. The highest BCUT2D eigenvalue weighted by molar-refractivity contribution is 5.91. The lowest BCUT2D eigenvalue weighted by atomic mass is 10.2. The minimum Gasteiger partial charge on any atom is -0.397 e. The molecule has 6 nitrogen and oxygen atoms in total. The summed E-state index contributed by atoms with van der Waals surface area (Å²) < 4.78 is 4.83. The number of rotatable bonds is 3. The lowest BCUT2D eigenvalue weighted by Gasteiger charge is -2.01. The van der Waals surface area contributed by atoms with E-state index < -0.39 is 0 Å². The Kier molecular flexibility index (Phi) is 3.04. The number of carbonyl (C=O) groups excluding carboxylic acids is 1. The molecule has 0 atom stereocenters. The highest BCUT2D eigenvalue weighted by atomic mass is 16.5. The van der Waals surface area contributed by atoms with Gasteiger partial charge in [-0.05, 0) is 19.1 Å². The van der Waals surface area contributed by atoms with E-state index in [-0.39, 0.29) is 12.3 Å². The average molecular weight is 232 g/mol. The molecule has 2 heterocycles. The van der Waals surface area contributed by atoms with Crippen LogP contribution >= 0.6 is 0 Å². The predicted octanol–water partition coefficient (Wildman–Crippen LogP) is 1.14. The van der Waals surface area contributed by atoms with Crippen LogP contribution in [-0.2, 0) is 11.2 Å². The number of pyridine rings is 1. The first-order chi connectivity index (χ1) is 8.13. The van der Waals surface area contributed by atoms with Gasteiger partial charge in [0.05, 0.1) is 18.3 Å². The van der Waals surface area contributed by atoms with Gasteiger partial charge in [0.25, 0.3) is 0 Å². The van der Waals surface area contributed by atoms with Crippen molar-refractivity contribution in [1.82, 2.24) is 10.1 Å². The Hall–Kier alpha value is -2.37. The van der Waals surface area contributed by atoms with Crippen LogP contribution in [0.25, 0.3) is 0 Å². The summed E-state index contributed by atoms with van der Waals surface area (Å²) in [5.74, 6) is 0.851. The Morgan fingerprint density at radius 1 is 1.53 bits per heavy atom. The maximum Gasteiger partial charge on any atom is 0.231 e. The van der Waals surface area contributed by atoms with Crippen molar-refractivity contribution >= 4 is 17.4 Å². The van der Waals surface area contributed by atoms with E-state index in [9.17, 15) is 4.79 Å². The SMILES string of the molecule is Cc1cc(NC(=O)Cc2ccc(N)cn2)no1. The van der Waals surface area contributed by atoms with Crippen LogP contribution in [0.4, 0.5) is 11.5 Å². The van der Waals surface area contributed by atoms with Crippen LogP contribution < -0.4 is 11.1 Å². The Bertz CT molecular complexity index is 519. The second-order valence-corrected chi connectivity index (χ2v) is 3.63. The minimum absolute atomic E-state index is 0.173. The van der Waals surface area contributed by atoms with Crippen molar-refractivity contribution < 1.29 is 9.32 Å². The summed E-state index contributed by atoms with van der Waals surface area (Å²) in [7, 11) is 0. The van der Waals surface area contributed by atoms with Crippen LogP contribution in [0.15, 0.2) is 28.9 Å². The van der Waals surface area contributed by atoms with Crippen molar-refractivity contribution in [2.24, 2.45) is 0 Å². The zero-order valence-electron chi connectivity index (χ0n) is 9.30. The van der Waals surface area contributed by atoms with Gasteiger partial charge in [0.2, 0.25) is 5.91 Å². The number of anilines is 2. The Labute approximate surface area is 97.8 Å². The molecule has 2 rings (SSSR count). The third-order valence-electron chi connectivity index (χ3n) is 2.08. The van der Waals surface area contributed by atoms with Crippen molar-refractivity contribution in [3.05, 3.63) is 35.9 Å². The molecule has 88 valence electrons. The summed E-state index contributed by atoms with van der Waals surface area (Å²) in [6.45, 7) is 1.75. The third kappa shape index (κ3) is 3.04. The number of carbonyl (C=O) groups is 1. The van der Waals surface area contributed by atoms with Gasteiger partial charge >= 0.3 is 0 Å². The lowest BCUT2D eigenvalue weighted by molar-refractivity contribution is -0.115. The fourth-order valence-electron chi connectivity index (χ4n) is 1.32. The number of nitrogens with one attached hydrogen (secondary N) is 1. The fourth-order valence-corrected chi connectivity index (χ4v) is 1.32. The second-order valence-electron chi connectivity index (χ2n) is 3.63. The lowest BCUT2D eigenvalue weighted by Crippen LogP contribution is -2.15. The van der Waals surface area contributed by atoms with Gasteiger partial charge in [-0.2, -0.15) is 0 Å². The first-order valence-electron chi connectivity index (χ1n) is 5.07. The van der Waals surface area contributed by atoms with Gasteiger partial charge in [0.15, 0.2) is 5.82 Å². The molecule has 3 N–H and O–H groups in total. The molecule has 6 heteroatoms. The first-order valence-corrected chi connectivity index (χ1v) is 5.07. The van der Waals surface area contributed by atoms with E-state index in [4.69, 9.17) is 10.3 Å². The van der Waals surface area contributed by atoms with E-state index >= 15 is 0 Å². The van der Waals surface area contributed by atoms with E-state index in [0.29, 0.717) is 23.0 Å². The van der Waals surface area contributed by atoms with Gasteiger partial charge < -0.3 is 15.6 Å².